The molecule has 1 unspecified atom stereocenters. The van der Waals surface area contributed by atoms with Crippen molar-refractivity contribution in [3.63, 3.8) is 0 Å². The molecule has 0 radical (unpaired) electrons. The Hall–Kier alpha value is -3.16. The zero-order valence-electron chi connectivity index (χ0n) is 17.4. The van der Waals surface area contributed by atoms with Crippen LogP contribution in [0.2, 0.25) is 0 Å². The first-order chi connectivity index (χ1) is 14.0. The molecule has 1 atom stereocenters. The molecule has 2 N–H and O–H groups in total. The molecule has 0 spiro atoms. The van der Waals surface area contributed by atoms with E-state index in [0.29, 0.717) is 11.3 Å². The maximum atomic E-state index is 12.4. The number of amides is 2. The largest absolute Gasteiger partial charge is 0.444 e. The predicted octanol–water partition coefficient (Wildman–Crippen LogP) is 5.05. The van der Waals surface area contributed by atoms with Crippen molar-refractivity contribution in [2.45, 2.75) is 52.4 Å². The van der Waals surface area contributed by atoms with Gasteiger partial charge >= 0.3 is 12.7 Å². The topological polar surface area (TPSA) is 76.7 Å². The van der Waals surface area contributed by atoms with Gasteiger partial charge in [0.25, 0.3) is 0 Å². The van der Waals surface area contributed by atoms with E-state index in [-0.39, 0.29) is 24.1 Å². The lowest BCUT2D eigenvalue weighted by Crippen LogP contribution is -2.28. The number of hydrogen-bond donors (Lipinski definition) is 2. The molecular formula is C22H26F2N2O4. The molecule has 6 nitrogen and oxygen atoms in total. The molecule has 0 saturated heterocycles. The number of halogens is 2. The van der Waals surface area contributed by atoms with Crippen LogP contribution in [0.15, 0.2) is 48.5 Å². The molecule has 30 heavy (non-hydrogen) atoms. The molecule has 0 aliphatic carbocycles. The second-order valence-corrected chi connectivity index (χ2v) is 7.74. The van der Waals surface area contributed by atoms with Crippen LogP contribution in [0.1, 0.15) is 44.9 Å². The maximum absolute atomic E-state index is 12.4. The minimum Gasteiger partial charge on any atom is -0.444 e. The van der Waals surface area contributed by atoms with Crippen molar-refractivity contribution in [2.24, 2.45) is 0 Å². The molecule has 0 saturated carbocycles. The van der Waals surface area contributed by atoms with Crippen molar-refractivity contribution < 1.29 is 27.8 Å². The van der Waals surface area contributed by atoms with Crippen molar-refractivity contribution in [2.75, 3.05) is 5.32 Å². The smallest absolute Gasteiger partial charge is 0.412 e. The van der Waals surface area contributed by atoms with Crippen LogP contribution in [-0.4, -0.2) is 24.2 Å². The third-order valence-corrected chi connectivity index (χ3v) is 3.92. The number of benzene rings is 2. The molecule has 2 aromatic carbocycles. The Bertz CT molecular complexity index is 864. The third-order valence-electron chi connectivity index (χ3n) is 3.92. The number of ether oxygens (including phenoxy) is 2. The summed E-state index contributed by atoms with van der Waals surface area (Å²) in [5.74, 6) is -0.188. The van der Waals surface area contributed by atoms with Crippen molar-refractivity contribution in [3.8, 4) is 5.75 Å². The number of alkyl halides is 2. The highest BCUT2D eigenvalue weighted by Gasteiger charge is 2.16. The van der Waals surface area contributed by atoms with E-state index in [0.717, 1.165) is 5.56 Å². The Kier molecular flexibility index (Phi) is 7.74. The normalized spacial score (nSPS) is 12.2. The zero-order chi connectivity index (χ0) is 22.3. The fourth-order valence-electron chi connectivity index (χ4n) is 2.65. The first-order valence-corrected chi connectivity index (χ1v) is 9.45. The Morgan fingerprint density at radius 3 is 2.33 bits per heavy atom. The summed E-state index contributed by atoms with van der Waals surface area (Å²) in [6.07, 6.45) is -0.426. The van der Waals surface area contributed by atoms with Crippen molar-refractivity contribution in [1.29, 1.82) is 0 Å². The lowest BCUT2D eigenvalue weighted by molar-refractivity contribution is -0.121. The van der Waals surface area contributed by atoms with Gasteiger partial charge in [-0.15, -0.1) is 0 Å². The molecule has 2 aromatic rings. The van der Waals surface area contributed by atoms with Gasteiger partial charge in [-0.05, 0) is 63.1 Å². The summed E-state index contributed by atoms with van der Waals surface area (Å²) >= 11 is 0. The monoisotopic (exact) mass is 420 g/mol. The van der Waals surface area contributed by atoms with Crippen LogP contribution in [0.5, 0.6) is 5.75 Å². The molecule has 2 rings (SSSR count). The highest BCUT2D eigenvalue weighted by Crippen LogP contribution is 2.21. The van der Waals surface area contributed by atoms with Crippen molar-refractivity contribution >= 4 is 17.7 Å². The van der Waals surface area contributed by atoms with Gasteiger partial charge in [-0.3, -0.25) is 10.1 Å². The summed E-state index contributed by atoms with van der Waals surface area (Å²) in [6.45, 7) is 4.18. The van der Waals surface area contributed by atoms with Gasteiger partial charge in [0.2, 0.25) is 5.91 Å². The van der Waals surface area contributed by atoms with E-state index < -0.39 is 18.3 Å². The quantitative estimate of drug-likeness (QED) is 0.657. The van der Waals surface area contributed by atoms with E-state index in [1.54, 1.807) is 64.1 Å². The molecule has 0 heterocycles. The number of anilines is 1. The highest BCUT2D eigenvalue weighted by atomic mass is 19.3. The van der Waals surface area contributed by atoms with E-state index in [2.05, 4.69) is 15.4 Å². The van der Waals surface area contributed by atoms with Crippen LogP contribution in [0.25, 0.3) is 0 Å². The molecule has 8 heteroatoms. The van der Waals surface area contributed by atoms with Gasteiger partial charge in [-0.2, -0.15) is 8.78 Å². The molecule has 0 aliphatic rings. The minimum absolute atomic E-state index is 0.0386. The molecule has 0 bridgehead atoms. The van der Waals surface area contributed by atoms with E-state index in [1.807, 2.05) is 0 Å². The number of nitrogens with one attached hydrogen (secondary N) is 2. The van der Waals surface area contributed by atoms with Crippen molar-refractivity contribution in [1.82, 2.24) is 5.32 Å². The maximum Gasteiger partial charge on any atom is 0.412 e. The van der Waals surface area contributed by atoms with Crippen LogP contribution in [0, 0.1) is 0 Å². The van der Waals surface area contributed by atoms with E-state index in [1.165, 1.54) is 12.1 Å². The SMILES string of the molecule is CC(NC(=O)Cc1ccc(NC(=O)OC(C)(C)C)cc1)c1cccc(OC(F)F)c1. The number of rotatable bonds is 7. The number of carbonyl (C=O) groups is 2. The average Bonchev–Trinajstić information content (AvgIpc) is 2.61. The van der Waals surface area contributed by atoms with E-state index >= 15 is 0 Å². The lowest BCUT2D eigenvalue weighted by atomic mass is 10.1. The second-order valence-electron chi connectivity index (χ2n) is 7.74. The van der Waals surface area contributed by atoms with Gasteiger partial charge in [-0.25, -0.2) is 4.79 Å². The standard InChI is InChI=1S/C22H26F2N2O4/c1-14(16-6-5-7-18(13-16)29-20(23)24)25-19(27)12-15-8-10-17(11-9-15)26-21(28)30-22(2,3)4/h5-11,13-14,20H,12H2,1-4H3,(H,25,27)(H,26,28). The van der Waals surface area contributed by atoms with Crippen molar-refractivity contribution in [3.05, 3.63) is 59.7 Å². The molecule has 162 valence electrons. The predicted molar refractivity (Wildman–Crippen MR) is 110 cm³/mol. The summed E-state index contributed by atoms with van der Waals surface area (Å²) in [7, 11) is 0. The first kappa shape index (κ1) is 23.1. The fraction of sp³-hybridized carbons (Fsp3) is 0.364. The average molecular weight is 420 g/mol. The zero-order valence-corrected chi connectivity index (χ0v) is 17.4. The molecule has 0 aromatic heterocycles. The molecule has 2 amide bonds. The Balaban J connectivity index is 1.89. The molecule has 0 fully saturated rings. The van der Waals surface area contributed by atoms with Crippen LogP contribution in [0.4, 0.5) is 19.3 Å². The van der Waals surface area contributed by atoms with Gasteiger partial charge in [-0.1, -0.05) is 24.3 Å². The third kappa shape index (κ3) is 8.06. The Morgan fingerprint density at radius 1 is 1.07 bits per heavy atom. The van der Waals surface area contributed by atoms with Gasteiger partial charge in [0.15, 0.2) is 0 Å². The summed E-state index contributed by atoms with van der Waals surface area (Å²) in [5.41, 5.74) is 1.37. The lowest BCUT2D eigenvalue weighted by Gasteiger charge is -2.19. The molecule has 0 aliphatic heterocycles. The van der Waals surface area contributed by atoms with Crippen LogP contribution in [-0.2, 0) is 16.0 Å². The second kappa shape index (κ2) is 10.0. The summed E-state index contributed by atoms with van der Waals surface area (Å²) in [4.78, 5) is 24.1. The van der Waals surface area contributed by atoms with Gasteiger partial charge in [0, 0.05) is 5.69 Å². The van der Waals surface area contributed by atoms with Gasteiger partial charge in [0.1, 0.15) is 11.4 Å². The summed E-state index contributed by atoms with van der Waals surface area (Å²) < 4.78 is 34.3. The van der Waals surface area contributed by atoms with Crippen LogP contribution in [0.3, 0.4) is 0 Å². The van der Waals surface area contributed by atoms with E-state index in [9.17, 15) is 18.4 Å². The summed E-state index contributed by atoms with van der Waals surface area (Å²) in [6, 6.07) is 12.6. The summed E-state index contributed by atoms with van der Waals surface area (Å²) in [5, 5.41) is 5.45. The van der Waals surface area contributed by atoms with Gasteiger partial charge < -0.3 is 14.8 Å². The number of carbonyl (C=O) groups excluding carboxylic acids is 2. The number of hydrogen-bond acceptors (Lipinski definition) is 4. The van der Waals surface area contributed by atoms with E-state index in [4.69, 9.17) is 4.74 Å². The highest BCUT2D eigenvalue weighted by molar-refractivity contribution is 5.85. The van der Waals surface area contributed by atoms with Gasteiger partial charge in [0.05, 0.1) is 12.5 Å². The van der Waals surface area contributed by atoms with Crippen LogP contribution < -0.4 is 15.4 Å². The first-order valence-electron chi connectivity index (χ1n) is 9.45. The minimum atomic E-state index is -2.90. The fourth-order valence-corrected chi connectivity index (χ4v) is 2.65. The molecular weight excluding hydrogens is 394 g/mol. The van der Waals surface area contributed by atoms with Crippen LogP contribution >= 0.6 is 0 Å². The Labute approximate surface area is 174 Å². The Morgan fingerprint density at radius 2 is 1.73 bits per heavy atom.